The molecule has 0 saturated heterocycles. The Kier molecular flexibility index (Phi) is 3.18. The summed E-state index contributed by atoms with van der Waals surface area (Å²) in [6, 6.07) is 21.3. The third-order valence-electron chi connectivity index (χ3n) is 4.38. The molecule has 0 aliphatic heterocycles. The Hall–Kier alpha value is -2.63. The molecule has 0 spiro atoms. The van der Waals surface area contributed by atoms with Crippen molar-refractivity contribution in [3.8, 4) is 17.2 Å². The minimum absolute atomic E-state index is 0.709. The van der Waals surface area contributed by atoms with Crippen LogP contribution < -0.4 is 0 Å². The fraction of sp³-hybridized carbons (Fsp3) is 0.0952. The number of aryl methyl sites for hydroxylation is 2. The lowest BCUT2D eigenvalue weighted by molar-refractivity contribution is 1.40. The van der Waals surface area contributed by atoms with Crippen LogP contribution in [0.25, 0.3) is 31.3 Å². The van der Waals surface area contributed by atoms with Gasteiger partial charge in [-0.25, -0.2) is 0 Å². The van der Waals surface area contributed by atoms with Gasteiger partial charge in [-0.2, -0.15) is 5.26 Å². The van der Waals surface area contributed by atoms with Gasteiger partial charge >= 0.3 is 0 Å². The van der Waals surface area contributed by atoms with Crippen molar-refractivity contribution >= 4 is 31.5 Å². The first-order valence-corrected chi connectivity index (χ1v) is 8.42. The second-order valence-corrected chi connectivity index (χ2v) is 6.99. The first-order valence-electron chi connectivity index (χ1n) is 7.60. The molecule has 0 amide bonds. The summed E-state index contributed by atoms with van der Waals surface area (Å²) in [5.41, 5.74) is 5.53. The van der Waals surface area contributed by atoms with Gasteiger partial charge in [0, 0.05) is 20.2 Å². The first-order chi connectivity index (χ1) is 11.2. The maximum absolute atomic E-state index is 9.20. The fourth-order valence-corrected chi connectivity index (χ4v) is 4.33. The molecule has 0 atom stereocenters. The van der Waals surface area contributed by atoms with Crippen LogP contribution >= 0.6 is 11.3 Å². The molecule has 1 nitrogen and oxygen atoms in total. The molecule has 4 aromatic rings. The highest BCUT2D eigenvalue weighted by Crippen LogP contribution is 2.38. The maximum atomic E-state index is 9.20. The number of nitrogens with zero attached hydrogens (tertiary/aromatic N) is 1. The second-order valence-electron chi connectivity index (χ2n) is 5.90. The van der Waals surface area contributed by atoms with Crippen molar-refractivity contribution in [2.75, 3.05) is 0 Å². The summed E-state index contributed by atoms with van der Waals surface area (Å²) in [4.78, 5) is 0. The first kappa shape index (κ1) is 14.0. The van der Waals surface area contributed by atoms with Crippen LogP contribution in [0.15, 0.2) is 54.6 Å². The highest BCUT2D eigenvalue weighted by molar-refractivity contribution is 7.25. The average Bonchev–Trinajstić information content (AvgIpc) is 2.92. The lowest BCUT2D eigenvalue weighted by Gasteiger charge is -2.10. The van der Waals surface area contributed by atoms with Crippen molar-refractivity contribution < 1.29 is 0 Å². The van der Waals surface area contributed by atoms with Gasteiger partial charge in [-0.1, -0.05) is 24.3 Å². The van der Waals surface area contributed by atoms with Crippen LogP contribution in [0, 0.1) is 25.2 Å². The molecule has 0 N–H and O–H groups in total. The van der Waals surface area contributed by atoms with Gasteiger partial charge in [-0.05, 0) is 66.4 Å². The van der Waals surface area contributed by atoms with E-state index in [9.17, 15) is 5.26 Å². The summed E-state index contributed by atoms with van der Waals surface area (Å²) < 4.78 is 2.64. The Morgan fingerprint density at radius 1 is 0.783 bits per heavy atom. The zero-order valence-corrected chi connectivity index (χ0v) is 13.9. The standard InChI is InChI=1S/C21H15NS/c1-13-7-8-15(12-22)10-17(13)18-11-19-16-5-3-4-6-20(16)23-21(19)9-14(18)2/h3-11H,1-2H3. The average molecular weight is 313 g/mol. The molecule has 1 aromatic heterocycles. The van der Waals surface area contributed by atoms with Crippen molar-refractivity contribution in [2.45, 2.75) is 13.8 Å². The van der Waals surface area contributed by atoms with Gasteiger partial charge in [0.1, 0.15) is 0 Å². The van der Waals surface area contributed by atoms with E-state index in [0.29, 0.717) is 5.56 Å². The van der Waals surface area contributed by atoms with Crippen molar-refractivity contribution in [3.63, 3.8) is 0 Å². The second kappa shape index (κ2) is 5.22. The van der Waals surface area contributed by atoms with Crippen molar-refractivity contribution in [2.24, 2.45) is 0 Å². The number of fused-ring (bicyclic) bond motifs is 3. The van der Waals surface area contributed by atoms with E-state index in [-0.39, 0.29) is 0 Å². The van der Waals surface area contributed by atoms with E-state index >= 15 is 0 Å². The van der Waals surface area contributed by atoms with Crippen LogP contribution in [0.4, 0.5) is 0 Å². The smallest absolute Gasteiger partial charge is 0.0991 e. The summed E-state index contributed by atoms with van der Waals surface area (Å²) in [6.45, 7) is 4.25. The molecule has 1 heterocycles. The zero-order chi connectivity index (χ0) is 16.0. The van der Waals surface area contributed by atoms with Crippen LogP contribution in [0.3, 0.4) is 0 Å². The van der Waals surface area contributed by atoms with Crippen LogP contribution in [-0.2, 0) is 0 Å². The van der Waals surface area contributed by atoms with Gasteiger partial charge in [-0.15, -0.1) is 11.3 Å². The Morgan fingerprint density at radius 2 is 1.57 bits per heavy atom. The molecule has 2 heteroatoms. The zero-order valence-electron chi connectivity index (χ0n) is 13.1. The minimum Gasteiger partial charge on any atom is -0.192 e. The normalized spacial score (nSPS) is 11.0. The van der Waals surface area contributed by atoms with E-state index in [0.717, 1.165) is 5.56 Å². The molecule has 3 aromatic carbocycles. The largest absolute Gasteiger partial charge is 0.192 e. The molecule has 4 rings (SSSR count). The lowest BCUT2D eigenvalue weighted by atomic mass is 9.93. The molecule has 0 aliphatic rings. The van der Waals surface area contributed by atoms with E-state index in [4.69, 9.17) is 0 Å². The third kappa shape index (κ3) is 2.21. The van der Waals surface area contributed by atoms with Gasteiger partial charge in [0.15, 0.2) is 0 Å². The topological polar surface area (TPSA) is 23.8 Å². The maximum Gasteiger partial charge on any atom is 0.0991 e. The summed E-state index contributed by atoms with van der Waals surface area (Å²) >= 11 is 1.84. The van der Waals surface area contributed by atoms with Gasteiger partial charge in [0.25, 0.3) is 0 Å². The number of hydrogen-bond donors (Lipinski definition) is 0. The number of hydrogen-bond acceptors (Lipinski definition) is 2. The summed E-state index contributed by atoms with van der Waals surface area (Å²) in [5.74, 6) is 0. The van der Waals surface area contributed by atoms with Crippen molar-refractivity contribution in [3.05, 3.63) is 71.3 Å². The molecular formula is C21H15NS. The summed E-state index contributed by atoms with van der Waals surface area (Å²) in [7, 11) is 0. The van der Waals surface area contributed by atoms with Crippen LogP contribution in [-0.4, -0.2) is 0 Å². The molecule has 0 bridgehead atoms. The lowest BCUT2D eigenvalue weighted by Crippen LogP contribution is -1.88. The van der Waals surface area contributed by atoms with E-state index in [1.165, 1.54) is 36.9 Å². The predicted octanol–water partition coefficient (Wildman–Crippen LogP) is 6.21. The minimum atomic E-state index is 0.709. The van der Waals surface area contributed by atoms with Crippen LogP contribution in [0.5, 0.6) is 0 Å². The monoisotopic (exact) mass is 313 g/mol. The molecule has 0 radical (unpaired) electrons. The molecular weight excluding hydrogens is 298 g/mol. The van der Waals surface area contributed by atoms with E-state index < -0.39 is 0 Å². The van der Waals surface area contributed by atoms with Crippen molar-refractivity contribution in [1.82, 2.24) is 0 Å². The van der Waals surface area contributed by atoms with E-state index in [1.807, 2.05) is 29.5 Å². The molecule has 0 fully saturated rings. The van der Waals surface area contributed by atoms with Gasteiger partial charge < -0.3 is 0 Å². The summed E-state index contributed by atoms with van der Waals surface area (Å²) in [5, 5.41) is 11.8. The van der Waals surface area contributed by atoms with E-state index in [2.05, 4.69) is 56.3 Å². The Balaban J connectivity index is 2.06. The van der Waals surface area contributed by atoms with Gasteiger partial charge in [0.2, 0.25) is 0 Å². The Bertz CT molecular complexity index is 1100. The SMILES string of the molecule is Cc1ccc(C#N)cc1-c1cc2c(cc1C)sc1ccccc12. The van der Waals surface area contributed by atoms with Crippen LogP contribution in [0.1, 0.15) is 16.7 Å². The molecule has 0 aliphatic carbocycles. The van der Waals surface area contributed by atoms with E-state index in [1.54, 1.807) is 0 Å². The number of benzene rings is 3. The molecule has 23 heavy (non-hydrogen) atoms. The van der Waals surface area contributed by atoms with Gasteiger partial charge in [0.05, 0.1) is 11.6 Å². The number of rotatable bonds is 1. The molecule has 0 saturated carbocycles. The highest BCUT2D eigenvalue weighted by atomic mass is 32.1. The predicted molar refractivity (Wildman–Crippen MR) is 99.0 cm³/mol. The van der Waals surface area contributed by atoms with Crippen LogP contribution in [0.2, 0.25) is 0 Å². The van der Waals surface area contributed by atoms with Gasteiger partial charge in [-0.3, -0.25) is 0 Å². The number of nitriles is 1. The quantitative estimate of drug-likeness (QED) is 0.410. The highest BCUT2D eigenvalue weighted by Gasteiger charge is 2.11. The third-order valence-corrected chi connectivity index (χ3v) is 5.51. The molecule has 0 unspecified atom stereocenters. The molecule has 110 valence electrons. The Labute approximate surface area is 139 Å². The summed E-state index contributed by atoms with van der Waals surface area (Å²) in [6.07, 6.45) is 0. The Morgan fingerprint density at radius 3 is 2.39 bits per heavy atom. The number of thiophene rings is 1. The van der Waals surface area contributed by atoms with Crippen molar-refractivity contribution in [1.29, 1.82) is 5.26 Å². The fourth-order valence-electron chi connectivity index (χ4n) is 3.14.